The lowest BCUT2D eigenvalue weighted by Gasteiger charge is -2.30. The molecular formula is C15H28F2. The molecule has 1 aliphatic rings. The van der Waals surface area contributed by atoms with Crippen LogP contribution in [-0.4, -0.2) is 12.3 Å². The van der Waals surface area contributed by atoms with Gasteiger partial charge < -0.3 is 0 Å². The molecule has 0 nitrogen and oxygen atoms in total. The summed E-state index contributed by atoms with van der Waals surface area (Å²) < 4.78 is 27.5. The van der Waals surface area contributed by atoms with E-state index in [-0.39, 0.29) is 11.8 Å². The molecule has 1 aliphatic carbocycles. The molecule has 0 aromatic rings. The highest BCUT2D eigenvalue weighted by Crippen LogP contribution is 2.34. The molecule has 0 saturated heterocycles. The summed E-state index contributed by atoms with van der Waals surface area (Å²) in [6.07, 6.45) is 3.21. The smallest absolute Gasteiger partial charge is 0.134 e. The summed E-state index contributed by atoms with van der Waals surface area (Å²) in [6.45, 7) is 7.67. The van der Waals surface area contributed by atoms with Crippen molar-refractivity contribution in [2.24, 2.45) is 23.7 Å². The topological polar surface area (TPSA) is 0 Å². The van der Waals surface area contributed by atoms with Gasteiger partial charge in [-0.3, -0.25) is 0 Å². The maximum absolute atomic E-state index is 13.9. The van der Waals surface area contributed by atoms with Crippen molar-refractivity contribution < 1.29 is 8.78 Å². The van der Waals surface area contributed by atoms with Gasteiger partial charge in [-0.25, -0.2) is 8.78 Å². The molecule has 0 amide bonds. The molecule has 3 atom stereocenters. The van der Waals surface area contributed by atoms with Crippen LogP contribution in [-0.2, 0) is 0 Å². The molecule has 17 heavy (non-hydrogen) atoms. The Morgan fingerprint density at radius 2 is 1.47 bits per heavy atom. The predicted octanol–water partition coefficient (Wildman–Crippen LogP) is 5.17. The molecule has 0 spiro atoms. The van der Waals surface area contributed by atoms with E-state index >= 15 is 0 Å². The first-order valence-corrected chi connectivity index (χ1v) is 7.20. The molecule has 0 N–H and O–H groups in total. The van der Waals surface area contributed by atoms with Crippen molar-refractivity contribution >= 4 is 0 Å². The van der Waals surface area contributed by atoms with Crippen LogP contribution in [0.5, 0.6) is 0 Å². The van der Waals surface area contributed by atoms with Crippen LogP contribution >= 0.6 is 0 Å². The SMILES string of the molecule is CC1CCC(CC(C)C(F)C(F)C(C)C)CC1. The summed E-state index contributed by atoms with van der Waals surface area (Å²) in [7, 11) is 0. The largest absolute Gasteiger partial charge is 0.244 e. The quantitative estimate of drug-likeness (QED) is 0.627. The van der Waals surface area contributed by atoms with E-state index in [1.54, 1.807) is 13.8 Å². The number of hydrogen-bond donors (Lipinski definition) is 0. The van der Waals surface area contributed by atoms with Crippen LogP contribution in [0.2, 0.25) is 0 Å². The summed E-state index contributed by atoms with van der Waals surface area (Å²) in [5, 5.41) is 0. The van der Waals surface area contributed by atoms with Gasteiger partial charge in [0.2, 0.25) is 0 Å². The molecular weight excluding hydrogens is 218 g/mol. The molecule has 0 radical (unpaired) electrons. The van der Waals surface area contributed by atoms with E-state index in [1.807, 2.05) is 6.92 Å². The second-order valence-electron chi connectivity index (χ2n) is 6.47. The Morgan fingerprint density at radius 1 is 0.941 bits per heavy atom. The minimum absolute atomic E-state index is 0.134. The van der Waals surface area contributed by atoms with Crippen molar-refractivity contribution in [1.82, 2.24) is 0 Å². The first-order chi connectivity index (χ1) is 7.91. The van der Waals surface area contributed by atoms with E-state index in [0.717, 1.165) is 12.3 Å². The van der Waals surface area contributed by atoms with Crippen molar-refractivity contribution in [3.63, 3.8) is 0 Å². The van der Waals surface area contributed by atoms with Crippen molar-refractivity contribution in [2.45, 2.75) is 72.1 Å². The monoisotopic (exact) mass is 246 g/mol. The molecule has 1 fully saturated rings. The zero-order valence-corrected chi connectivity index (χ0v) is 11.8. The highest BCUT2D eigenvalue weighted by molar-refractivity contribution is 4.80. The Morgan fingerprint density at radius 3 is 1.94 bits per heavy atom. The third-order valence-electron chi connectivity index (χ3n) is 4.33. The summed E-state index contributed by atoms with van der Waals surface area (Å²) in [4.78, 5) is 0. The van der Waals surface area contributed by atoms with Gasteiger partial charge in [-0.15, -0.1) is 0 Å². The van der Waals surface area contributed by atoms with E-state index in [1.165, 1.54) is 25.7 Å². The highest BCUT2D eigenvalue weighted by Gasteiger charge is 2.31. The molecule has 0 aromatic heterocycles. The maximum Gasteiger partial charge on any atom is 0.134 e. The Hall–Kier alpha value is -0.140. The van der Waals surface area contributed by atoms with Gasteiger partial charge in [-0.2, -0.15) is 0 Å². The van der Waals surface area contributed by atoms with Crippen molar-refractivity contribution in [1.29, 1.82) is 0 Å². The summed E-state index contributed by atoms with van der Waals surface area (Å²) in [5.74, 6) is 1.11. The average molecular weight is 246 g/mol. The number of halogens is 2. The fraction of sp³-hybridized carbons (Fsp3) is 1.00. The summed E-state index contributed by atoms with van der Waals surface area (Å²) in [6, 6.07) is 0. The van der Waals surface area contributed by atoms with Crippen molar-refractivity contribution in [2.75, 3.05) is 0 Å². The Bertz CT molecular complexity index is 207. The van der Waals surface area contributed by atoms with Gasteiger partial charge in [0.1, 0.15) is 12.3 Å². The van der Waals surface area contributed by atoms with E-state index in [2.05, 4.69) is 6.92 Å². The summed E-state index contributed by atoms with van der Waals surface area (Å²) in [5.41, 5.74) is 0. The van der Waals surface area contributed by atoms with Gasteiger partial charge in [0.05, 0.1) is 0 Å². The second kappa shape index (κ2) is 6.70. The Balaban J connectivity index is 2.35. The molecule has 0 heterocycles. The molecule has 0 bridgehead atoms. The van der Waals surface area contributed by atoms with Gasteiger partial charge >= 0.3 is 0 Å². The number of hydrogen-bond acceptors (Lipinski definition) is 0. The number of alkyl halides is 2. The van der Waals surface area contributed by atoms with Crippen LogP contribution in [0.1, 0.15) is 59.8 Å². The van der Waals surface area contributed by atoms with Crippen molar-refractivity contribution in [3.8, 4) is 0 Å². The zero-order valence-electron chi connectivity index (χ0n) is 11.8. The van der Waals surface area contributed by atoms with Gasteiger partial charge in [0, 0.05) is 0 Å². The van der Waals surface area contributed by atoms with Crippen LogP contribution in [0.3, 0.4) is 0 Å². The number of rotatable bonds is 5. The van der Waals surface area contributed by atoms with Crippen LogP contribution in [0.15, 0.2) is 0 Å². The normalized spacial score (nSPS) is 31.2. The van der Waals surface area contributed by atoms with Crippen LogP contribution < -0.4 is 0 Å². The zero-order chi connectivity index (χ0) is 13.0. The molecule has 3 unspecified atom stereocenters. The highest BCUT2D eigenvalue weighted by atomic mass is 19.2. The van der Waals surface area contributed by atoms with Crippen LogP contribution in [0, 0.1) is 23.7 Å². The first-order valence-electron chi connectivity index (χ1n) is 7.20. The van der Waals surface area contributed by atoms with Gasteiger partial charge in [-0.1, -0.05) is 53.4 Å². The second-order valence-corrected chi connectivity index (χ2v) is 6.47. The molecule has 2 heteroatoms. The van der Waals surface area contributed by atoms with E-state index in [9.17, 15) is 8.78 Å². The van der Waals surface area contributed by atoms with Crippen LogP contribution in [0.4, 0.5) is 8.78 Å². The van der Waals surface area contributed by atoms with E-state index in [4.69, 9.17) is 0 Å². The third kappa shape index (κ3) is 4.56. The van der Waals surface area contributed by atoms with Crippen molar-refractivity contribution in [3.05, 3.63) is 0 Å². The van der Waals surface area contributed by atoms with Gasteiger partial charge in [-0.05, 0) is 30.1 Å². The molecule has 0 aliphatic heterocycles. The fourth-order valence-electron chi connectivity index (χ4n) is 2.90. The lowest BCUT2D eigenvalue weighted by molar-refractivity contribution is 0.0693. The minimum atomic E-state index is -1.30. The molecule has 1 saturated carbocycles. The Kier molecular flexibility index (Phi) is 5.88. The van der Waals surface area contributed by atoms with Crippen LogP contribution in [0.25, 0.3) is 0 Å². The van der Waals surface area contributed by atoms with E-state index in [0.29, 0.717) is 5.92 Å². The molecule has 102 valence electrons. The Labute approximate surface area is 105 Å². The third-order valence-corrected chi connectivity index (χ3v) is 4.33. The average Bonchev–Trinajstić information content (AvgIpc) is 2.30. The standard InChI is InChI=1S/C15H28F2/c1-10(2)14(16)15(17)12(4)9-13-7-5-11(3)6-8-13/h10-15H,5-9H2,1-4H3. The molecule has 1 rings (SSSR count). The van der Waals surface area contributed by atoms with E-state index < -0.39 is 12.3 Å². The van der Waals surface area contributed by atoms with Gasteiger partial charge in [0.25, 0.3) is 0 Å². The maximum atomic E-state index is 13.9. The fourth-order valence-corrected chi connectivity index (χ4v) is 2.90. The lowest BCUT2D eigenvalue weighted by atomic mass is 9.77. The molecule has 0 aromatic carbocycles. The minimum Gasteiger partial charge on any atom is -0.244 e. The first kappa shape index (κ1) is 14.9. The summed E-state index contributed by atoms with van der Waals surface area (Å²) >= 11 is 0. The predicted molar refractivity (Wildman–Crippen MR) is 69.5 cm³/mol. The van der Waals surface area contributed by atoms with Gasteiger partial charge in [0.15, 0.2) is 0 Å². The lowest BCUT2D eigenvalue weighted by Crippen LogP contribution is -2.30.